The molecule has 0 aromatic heterocycles. The van der Waals surface area contributed by atoms with Gasteiger partial charge >= 0.3 is 28.1 Å². The van der Waals surface area contributed by atoms with Crippen LogP contribution in [0.25, 0.3) is 0 Å². The third-order valence-corrected chi connectivity index (χ3v) is 21.1. The first-order chi connectivity index (χ1) is 17.6. The maximum absolute atomic E-state index is 6.83. The second kappa shape index (κ2) is 17.7. The van der Waals surface area contributed by atoms with E-state index in [9.17, 15) is 0 Å². The van der Waals surface area contributed by atoms with E-state index in [1.807, 2.05) is 0 Å². The van der Waals surface area contributed by atoms with Crippen molar-refractivity contribution in [1.82, 2.24) is 0 Å². The van der Waals surface area contributed by atoms with Crippen LogP contribution in [0.15, 0.2) is 23.7 Å². The zero-order chi connectivity index (χ0) is 27.0. The predicted molar refractivity (Wildman–Crippen MR) is 168 cm³/mol. The second-order valence-corrected chi connectivity index (χ2v) is 27.0. The van der Waals surface area contributed by atoms with E-state index < -0.39 is 25.2 Å². The van der Waals surface area contributed by atoms with E-state index in [0.717, 1.165) is 37.0 Å². The Balaban J connectivity index is 1.68. The van der Waals surface area contributed by atoms with E-state index in [-0.39, 0.29) is 0 Å². The van der Waals surface area contributed by atoms with Crippen LogP contribution in [0.5, 0.6) is 0 Å². The van der Waals surface area contributed by atoms with Crippen molar-refractivity contribution in [3.63, 3.8) is 0 Å². The van der Waals surface area contributed by atoms with E-state index in [1.165, 1.54) is 88.6 Å². The second-order valence-electron chi connectivity index (χ2n) is 12.6. The average Bonchev–Trinajstić information content (AvgIpc) is 3.01. The minimum absolute atomic E-state index is 0.557. The molecule has 212 valence electrons. The fourth-order valence-corrected chi connectivity index (χ4v) is 23.9. The fourth-order valence-electron chi connectivity index (χ4n) is 5.31. The Kier molecular flexibility index (Phi) is 15.9. The van der Waals surface area contributed by atoms with Crippen LogP contribution in [-0.4, -0.2) is 44.7 Å². The molecule has 0 saturated carbocycles. The van der Waals surface area contributed by atoms with Crippen molar-refractivity contribution in [1.29, 1.82) is 0 Å². The highest BCUT2D eigenvalue weighted by atomic mass is 28.5. The van der Waals surface area contributed by atoms with E-state index >= 15 is 0 Å². The molecule has 4 nitrogen and oxygen atoms in total. The molecule has 0 aliphatic heterocycles. The van der Waals surface area contributed by atoms with E-state index in [2.05, 4.69) is 51.4 Å². The van der Waals surface area contributed by atoms with Gasteiger partial charge in [-0.05, 0) is 114 Å². The van der Waals surface area contributed by atoms with Crippen molar-refractivity contribution in [2.45, 2.75) is 153 Å². The molecule has 2 rings (SSSR count). The average molecular weight is 597 g/mol. The van der Waals surface area contributed by atoms with Gasteiger partial charge in [0, 0.05) is 12.8 Å². The largest absolute Gasteiger partial charge is 0.544 e. The zero-order valence-corrected chi connectivity index (χ0v) is 30.0. The molecule has 0 amide bonds. The van der Waals surface area contributed by atoms with Crippen LogP contribution in [0.1, 0.15) is 89.9 Å². The summed E-state index contributed by atoms with van der Waals surface area (Å²) in [5, 5.41) is 0. The van der Waals surface area contributed by atoms with E-state index in [1.54, 1.807) is 0 Å². The lowest BCUT2D eigenvalue weighted by Crippen LogP contribution is -2.52. The van der Waals surface area contributed by atoms with Crippen LogP contribution in [0, 0.1) is 0 Å². The van der Waals surface area contributed by atoms with E-state index in [4.69, 9.17) is 17.1 Å². The van der Waals surface area contributed by atoms with Gasteiger partial charge in [0.15, 0.2) is 16.6 Å². The van der Waals surface area contributed by atoms with Crippen LogP contribution < -0.4 is 0 Å². The smallest absolute Gasteiger partial charge is 0.311 e. The number of hydrogen-bond donors (Lipinski definition) is 0. The summed E-state index contributed by atoms with van der Waals surface area (Å²) in [6, 6.07) is 4.50. The van der Waals surface area contributed by atoms with E-state index in [0.29, 0.717) is 19.5 Å². The molecule has 0 fully saturated rings. The molecule has 9 heteroatoms. The van der Waals surface area contributed by atoms with Crippen molar-refractivity contribution < 1.29 is 17.1 Å². The predicted octanol–water partition coefficient (Wildman–Crippen LogP) is 9.50. The topological polar surface area (TPSA) is 36.9 Å². The Morgan fingerprint density at radius 1 is 0.568 bits per heavy atom. The monoisotopic (exact) mass is 596 g/mol. The number of hydrogen-bond acceptors (Lipinski definition) is 4. The van der Waals surface area contributed by atoms with Gasteiger partial charge in [-0.2, -0.15) is 0 Å². The first kappa shape index (κ1) is 33.3. The van der Waals surface area contributed by atoms with Crippen molar-refractivity contribution >= 4 is 44.7 Å². The molecular formula is C28H56O4Si5. The summed E-state index contributed by atoms with van der Waals surface area (Å²) >= 11 is 0. The molecule has 2 aliphatic carbocycles. The Morgan fingerprint density at radius 3 is 1.38 bits per heavy atom. The minimum atomic E-state index is -2.17. The number of allylic oxidation sites excluding steroid dienone is 4. The van der Waals surface area contributed by atoms with Gasteiger partial charge in [-0.1, -0.05) is 38.5 Å². The molecule has 0 saturated heterocycles. The molecule has 37 heavy (non-hydrogen) atoms. The molecular weight excluding hydrogens is 541 g/mol. The Morgan fingerprint density at radius 2 is 0.946 bits per heavy atom. The normalized spacial score (nSPS) is 22.1. The van der Waals surface area contributed by atoms with Gasteiger partial charge in [-0.15, -0.1) is 0 Å². The molecule has 4 radical (unpaired) electrons. The summed E-state index contributed by atoms with van der Waals surface area (Å²) < 4.78 is 26.1. The molecule has 0 aromatic rings. The summed E-state index contributed by atoms with van der Waals surface area (Å²) in [6.45, 7) is 14.0. The quantitative estimate of drug-likeness (QED) is 0.148. The highest BCUT2D eigenvalue weighted by Gasteiger charge is 2.39. The van der Waals surface area contributed by atoms with Gasteiger partial charge in [0.1, 0.15) is 0 Å². The summed E-state index contributed by atoms with van der Waals surface area (Å²) in [4.78, 5) is 0. The molecule has 2 aliphatic rings. The van der Waals surface area contributed by atoms with Gasteiger partial charge in [-0.25, -0.2) is 0 Å². The standard InChI is InChI=1S/C28H56O4Si5/c1-35(2,25-23-33-29-27-19-15-11-7-8-12-16-20-27)31-37(5,6)32-36(3,4)26-24-34-30-28-21-17-13-9-10-14-18-22-28/h19,21H,7-18,20,22-26H2,1-6H3/b27-19+,28-21+. The first-order valence-corrected chi connectivity index (χ1v) is 26.4. The summed E-state index contributed by atoms with van der Waals surface area (Å²) in [5.74, 6) is 2.50. The lowest BCUT2D eigenvalue weighted by atomic mass is 10.1. The van der Waals surface area contributed by atoms with Crippen molar-refractivity contribution in [2.24, 2.45) is 0 Å². The minimum Gasteiger partial charge on any atom is -0.544 e. The van der Waals surface area contributed by atoms with Gasteiger partial charge < -0.3 is 17.1 Å². The summed E-state index contributed by atoms with van der Waals surface area (Å²) in [7, 11) is -4.63. The molecule has 0 heterocycles. The molecule has 0 N–H and O–H groups in total. The summed E-state index contributed by atoms with van der Waals surface area (Å²) in [6.07, 6.45) is 22.7. The molecule has 0 aromatic carbocycles. The molecule has 0 bridgehead atoms. The zero-order valence-electron chi connectivity index (χ0n) is 25.0. The number of rotatable bonds is 14. The highest BCUT2D eigenvalue weighted by molar-refractivity contribution is 6.88. The van der Waals surface area contributed by atoms with Crippen LogP contribution in [0.4, 0.5) is 0 Å². The Labute approximate surface area is 238 Å². The Hall–Kier alpha value is 0.0844. The first-order valence-electron chi connectivity index (χ1n) is 15.1. The fraction of sp³-hybridized carbons (Fsp3) is 0.857. The van der Waals surface area contributed by atoms with Gasteiger partial charge in [-0.3, -0.25) is 0 Å². The van der Waals surface area contributed by atoms with Crippen molar-refractivity contribution in [2.75, 3.05) is 0 Å². The molecule has 0 unspecified atom stereocenters. The third-order valence-electron chi connectivity index (χ3n) is 7.11. The van der Waals surface area contributed by atoms with Gasteiger partial charge in [0.05, 0.1) is 11.5 Å². The lowest BCUT2D eigenvalue weighted by Gasteiger charge is -2.38. The van der Waals surface area contributed by atoms with Crippen molar-refractivity contribution in [3.8, 4) is 0 Å². The van der Waals surface area contributed by atoms with Gasteiger partial charge in [0.25, 0.3) is 0 Å². The molecule has 0 spiro atoms. The highest BCUT2D eigenvalue weighted by Crippen LogP contribution is 2.27. The van der Waals surface area contributed by atoms with Crippen LogP contribution >= 0.6 is 0 Å². The van der Waals surface area contributed by atoms with Gasteiger partial charge in [0.2, 0.25) is 0 Å². The lowest BCUT2D eigenvalue weighted by molar-refractivity contribution is 0.386. The van der Waals surface area contributed by atoms with Crippen molar-refractivity contribution in [3.05, 3.63) is 23.7 Å². The third kappa shape index (κ3) is 16.7. The molecule has 0 atom stereocenters. The summed E-state index contributed by atoms with van der Waals surface area (Å²) in [5.41, 5.74) is 0. The maximum Gasteiger partial charge on any atom is 0.311 e. The van der Waals surface area contributed by atoms with Crippen LogP contribution in [0.2, 0.25) is 63.5 Å². The Bertz CT molecular complexity index is 638. The van der Waals surface area contributed by atoms with Crippen LogP contribution in [-0.2, 0) is 17.1 Å². The maximum atomic E-state index is 6.83. The SMILES string of the molecule is C[Si](C)(CC[Si]O/C1=C/CCCCCCC1)O[Si](C)(C)O[Si](C)(C)CC[Si]O/C1=C/CCCCCCC1. The van der Waals surface area contributed by atoms with Crippen LogP contribution in [0.3, 0.4) is 0 Å².